The van der Waals surface area contributed by atoms with Gasteiger partial charge in [0.15, 0.2) is 0 Å². The largest absolute Gasteiger partial charge is 0.389 e. The Morgan fingerprint density at radius 1 is 1.42 bits per heavy atom. The van der Waals surface area contributed by atoms with Gasteiger partial charge in [-0.05, 0) is 32.0 Å². The molecule has 4 heteroatoms. The molecule has 0 saturated carbocycles. The van der Waals surface area contributed by atoms with Crippen molar-refractivity contribution in [3.63, 3.8) is 0 Å². The van der Waals surface area contributed by atoms with E-state index in [4.69, 9.17) is 18.0 Å². The zero-order chi connectivity index (χ0) is 14.0. The van der Waals surface area contributed by atoms with Crippen LogP contribution in [0.4, 0.5) is 5.69 Å². The van der Waals surface area contributed by atoms with E-state index in [-0.39, 0.29) is 0 Å². The minimum atomic E-state index is 0.491. The molecule has 1 unspecified atom stereocenters. The summed E-state index contributed by atoms with van der Waals surface area (Å²) in [6.45, 7) is 7.55. The summed E-state index contributed by atoms with van der Waals surface area (Å²) in [6, 6.07) is 6.80. The highest BCUT2D eigenvalue weighted by molar-refractivity contribution is 7.80. The van der Waals surface area contributed by atoms with Gasteiger partial charge in [0.25, 0.3) is 0 Å². The first-order valence-corrected chi connectivity index (χ1v) is 7.30. The van der Waals surface area contributed by atoms with Crippen LogP contribution >= 0.6 is 12.2 Å². The molecule has 1 fully saturated rings. The number of nitrogens with zero attached hydrogens (tertiary/aromatic N) is 2. The fraction of sp³-hybridized carbons (Fsp3) is 0.533. The van der Waals surface area contributed by atoms with Gasteiger partial charge < -0.3 is 10.6 Å². The number of piperazine rings is 1. The van der Waals surface area contributed by atoms with Crippen LogP contribution in [0.15, 0.2) is 18.2 Å². The van der Waals surface area contributed by atoms with Crippen molar-refractivity contribution < 1.29 is 0 Å². The summed E-state index contributed by atoms with van der Waals surface area (Å²) in [5.74, 6) is 0. The lowest BCUT2D eigenvalue weighted by molar-refractivity contribution is 0.213. The first kappa shape index (κ1) is 14.3. The lowest BCUT2D eigenvalue weighted by Crippen LogP contribution is -2.51. The molecule has 0 amide bonds. The van der Waals surface area contributed by atoms with Crippen LogP contribution in [0.25, 0.3) is 0 Å². The van der Waals surface area contributed by atoms with Gasteiger partial charge in [-0.2, -0.15) is 0 Å². The molecular weight excluding hydrogens is 254 g/mol. The molecule has 0 radical (unpaired) electrons. The molecular formula is C15H23N3S. The average molecular weight is 277 g/mol. The molecule has 1 aliphatic heterocycles. The number of anilines is 1. The van der Waals surface area contributed by atoms with Crippen molar-refractivity contribution in [2.45, 2.75) is 26.3 Å². The SMILES string of the molecule is CCC1CN(c2c(C)cccc2C(N)=S)CCN1C. The third-order valence-corrected chi connectivity index (χ3v) is 4.29. The third-order valence-electron chi connectivity index (χ3n) is 4.07. The highest BCUT2D eigenvalue weighted by Crippen LogP contribution is 2.27. The van der Waals surface area contributed by atoms with Gasteiger partial charge in [-0.25, -0.2) is 0 Å². The lowest BCUT2D eigenvalue weighted by atomic mass is 10.0. The van der Waals surface area contributed by atoms with Gasteiger partial charge in [-0.1, -0.05) is 31.3 Å². The summed E-state index contributed by atoms with van der Waals surface area (Å²) < 4.78 is 0. The van der Waals surface area contributed by atoms with E-state index in [1.807, 2.05) is 12.1 Å². The summed E-state index contributed by atoms with van der Waals surface area (Å²) in [5.41, 5.74) is 9.37. The molecule has 1 saturated heterocycles. The van der Waals surface area contributed by atoms with Gasteiger partial charge in [-0.15, -0.1) is 0 Å². The minimum absolute atomic E-state index is 0.491. The second-order valence-corrected chi connectivity index (χ2v) is 5.76. The second-order valence-electron chi connectivity index (χ2n) is 5.32. The Morgan fingerprint density at radius 2 is 2.16 bits per heavy atom. The molecule has 104 valence electrons. The van der Waals surface area contributed by atoms with E-state index in [0.29, 0.717) is 11.0 Å². The second kappa shape index (κ2) is 5.88. The van der Waals surface area contributed by atoms with E-state index in [1.54, 1.807) is 0 Å². The molecule has 0 aliphatic carbocycles. The third kappa shape index (κ3) is 2.90. The number of likely N-dealkylation sites (N-methyl/N-ethyl adjacent to an activating group) is 1. The Balaban J connectivity index is 2.34. The molecule has 19 heavy (non-hydrogen) atoms. The van der Waals surface area contributed by atoms with E-state index < -0.39 is 0 Å². The van der Waals surface area contributed by atoms with Crippen molar-refractivity contribution in [1.82, 2.24) is 4.90 Å². The van der Waals surface area contributed by atoms with Crippen molar-refractivity contribution in [1.29, 1.82) is 0 Å². The molecule has 1 atom stereocenters. The van der Waals surface area contributed by atoms with Crippen molar-refractivity contribution >= 4 is 22.9 Å². The molecule has 3 nitrogen and oxygen atoms in total. The summed E-state index contributed by atoms with van der Waals surface area (Å²) in [5, 5.41) is 0. The van der Waals surface area contributed by atoms with Gasteiger partial charge in [0.2, 0.25) is 0 Å². The summed E-state index contributed by atoms with van der Waals surface area (Å²) in [7, 11) is 2.21. The fourth-order valence-electron chi connectivity index (χ4n) is 2.87. The van der Waals surface area contributed by atoms with Crippen molar-refractivity contribution in [3.05, 3.63) is 29.3 Å². The molecule has 1 aliphatic rings. The Kier molecular flexibility index (Phi) is 4.42. The highest BCUT2D eigenvalue weighted by atomic mass is 32.1. The number of nitrogens with two attached hydrogens (primary N) is 1. The van der Waals surface area contributed by atoms with Crippen molar-refractivity contribution in [2.75, 3.05) is 31.6 Å². The molecule has 0 bridgehead atoms. The van der Waals surface area contributed by atoms with Crippen molar-refractivity contribution in [2.24, 2.45) is 5.73 Å². The number of rotatable bonds is 3. The molecule has 2 rings (SSSR count). The quantitative estimate of drug-likeness (QED) is 0.858. The zero-order valence-corrected chi connectivity index (χ0v) is 12.8. The lowest BCUT2D eigenvalue weighted by Gasteiger charge is -2.41. The Morgan fingerprint density at radius 3 is 2.79 bits per heavy atom. The number of aryl methyl sites for hydroxylation is 1. The normalized spacial score (nSPS) is 20.6. The van der Waals surface area contributed by atoms with Crippen LogP contribution in [0.3, 0.4) is 0 Å². The maximum atomic E-state index is 5.88. The van der Waals surface area contributed by atoms with Crippen LogP contribution in [0.5, 0.6) is 0 Å². The fourth-order valence-corrected chi connectivity index (χ4v) is 3.03. The average Bonchev–Trinajstić information content (AvgIpc) is 2.39. The van der Waals surface area contributed by atoms with Crippen molar-refractivity contribution in [3.8, 4) is 0 Å². The number of benzene rings is 1. The molecule has 1 heterocycles. The van der Waals surface area contributed by atoms with Gasteiger partial charge in [-0.3, -0.25) is 4.90 Å². The summed E-state index contributed by atoms with van der Waals surface area (Å²) in [6.07, 6.45) is 1.17. The van der Waals surface area contributed by atoms with Gasteiger partial charge >= 0.3 is 0 Å². The van der Waals surface area contributed by atoms with Gasteiger partial charge in [0, 0.05) is 36.9 Å². The van der Waals surface area contributed by atoms with Gasteiger partial charge in [0.1, 0.15) is 4.99 Å². The van der Waals surface area contributed by atoms with E-state index >= 15 is 0 Å². The predicted molar refractivity (Wildman–Crippen MR) is 86.0 cm³/mol. The van der Waals surface area contributed by atoms with E-state index in [9.17, 15) is 0 Å². The molecule has 1 aromatic carbocycles. The Labute approximate surface area is 121 Å². The topological polar surface area (TPSA) is 32.5 Å². The standard InChI is InChI=1S/C15H23N3S/c1-4-12-10-18(9-8-17(12)3)14-11(2)6-5-7-13(14)15(16)19/h5-7,12H,4,8-10H2,1-3H3,(H2,16,19). The van der Waals surface area contributed by atoms with Crippen LogP contribution in [0, 0.1) is 6.92 Å². The number of hydrogen-bond acceptors (Lipinski definition) is 3. The minimum Gasteiger partial charge on any atom is -0.389 e. The Bertz CT molecular complexity index is 472. The van der Waals surface area contributed by atoms with E-state index in [1.165, 1.54) is 17.7 Å². The smallest absolute Gasteiger partial charge is 0.106 e. The summed E-state index contributed by atoms with van der Waals surface area (Å²) in [4.78, 5) is 5.37. The number of thiocarbonyl (C=S) groups is 1. The molecule has 2 N–H and O–H groups in total. The first-order chi connectivity index (χ1) is 9.04. The maximum absolute atomic E-state index is 5.88. The predicted octanol–water partition coefficient (Wildman–Crippen LogP) is 2.16. The summed E-state index contributed by atoms with van der Waals surface area (Å²) >= 11 is 5.20. The zero-order valence-electron chi connectivity index (χ0n) is 12.0. The number of para-hydroxylation sites is 1. The van der Waals surface area contributed by atoms with Gasteiger partial charge in [0.05, 0.1) is 0 Å². The van der Waals surface area contributed by atoms with Crippen LogP contribution in [-0.2, 0) is 0 Å². The van der Waals surface area contributed by atoms with E-state index in [2.05, 4.69) is 36.8 Å². The maximum Gasteiger partial charge on any atom is 0.106 e. The van der Waals surface area contributed by atoms with E-state index in [0.717, 1.165) is 25.2 Å². The van der Waals surface area contributed by atoms with Crippen LogP contribution in [-0.4, -0.2) is 42.6 Å². The van der Waals surface area contributed by atoms with Crippen LogP contribution in [0.2, 0.25) is 0 Å². The molecule has 1 aromatic rings. The molecule has 0 aromatic heterocycles. The monoisotopic (exact) mass is 277 g/mol. The highest BCUT2D eigenvalue weighted by Gasteiger charge is 2.25. The first-order valence-electron chi connectivity index (χ1n) is 6.89. The molecule has 0 spiro atoms. The van der Waals surface area contributed by atoms with Crippen LogP contribution < -0.4 is 10.6 Å². The number of hydrogen-bond donors (Lipinski definition) is 1. The Hall–Kier alpha value is -1.13. The van der Waals surface area contributed by atoms with Crippen LogP contribution in [0.1, 0.15) is 24.5 Å².